The molecule has 0 bridgehead atoms. The lowest BCUT2D eigenvalue weighted by molar-refractivity contribution is -0.149. The molecule has 1 saturated heterocycles. The van der Waals surface area contributed by atoms with Gasteiger partial charge in [0.25, 0.3) is 5.91 Å². The Bertz CT molecular complexity index is 1060. The molecule has 5 nitrogen and oxygen atoms in total. The summed E-state index contributed by atoms with van der Waals surface area (Å²) in [6.45, 7) is 0.972. The lowest BCUT2D eigenvalue weighted by atomic mass is 9.72. The van der Waals surface area contributed by atoms with Gasteiger partial charge < -0.3 is 9.64 Å². The fourth-order valence-corrected chi connectivity index (χ4v) is 4.23. The molecule has 3 aromatic rings. The van der Waals surface area contributed by atoms with Crippen LogP contribution in [0.5, 0.6) is 0 Å². The summed E-state index contributed by atoms with van der Waals surface area (Å²) < 4.78 is 5.13. The number of piperidine rings is 1. The minimum atomic E-state index is -0.711. The summed E-state index contributed by atoms with van der Waals surface area (Å²) in [4.78, 5) is 31.8. The summed E-state index contributed by atoms with van der Waals surface area (Å²) in [5, 5.41) is 1.29. The van der Waals surface area contributed by atoms with Crippen LogP contribution in [0.15, 0.2) is 60.7 Å². The first-order valence-corrected chi connectivity index (χ1v) is 9.91. The third-order valence-corrected chi connectivity index (χ3v) is 5.92. The molecule has 6 heteroatoms. The van der Waals surface area contributed by atoms with Crippen LogP contribution in [0.3, 0.4) is 0 Å². The number of hydrogen-bond acceptors (Lipinski definition) is 4. The summed E-state index contributed by atoms with van der Waals surface area (Å²) in [5.74, 6) is -0.294. The molecule has 0 atom stereocenters. The molecule has 0 saturated carbocycles. The van der Waals surface area contributed by atoms with Crippen molar-refractivity contribution in [1.82, 2.24) is 9.88 Å². The van der Waals surface area contributed by atoms with E-state index < -0.39 is 5.41 Å². The molecule has 1 aromatic heterocycles. The van der Waals surface area contributed by atoms with E-state index in [0.717, 1.165) is 16.5 Å². The molecule has 2 heterocycles. The maximum absolute atomic E-state index is 13.1. The maximum Gasteiger partial charge on any atom is 0.316 e. The molecule has 1 fully saturated rings. The molecule has 1 amide bonds. The van der Waals surface area contributed by atoms with E-state index in [-0.39, 0.29) is 11.9 Å². The van der Waals surface area contributed by atoms with Crippen LogP contribution in [-0.4, -0.2) is 42.0 Å². The van der Waals surface area contributed by atoms with Crippen LogP contribution in [0, 0.1) is 0 Å². The SMILES string of the molecule is COC(=O)C1(c2ccccc2)CCN(C(=O)c2ccc3nc(Cl)ccc3c2)CC1. The first-order valence-electron chi connectivity index (χ1n) is 9.53. The molecule has 0 aliphatic carbocycles. The smallest absolute Gasteiger partial charge is 0.316 e. The van der Waals surface area contributed by atoms with E-state index in [1.54, 1.807) is 23.1 Å². The predicted octanol–water partition coefficient (Wildman–Crippen LogP) is 4.24. The van der Waals surface area contributed by atoms with Gasteiger partial charge in [0.15, 0.2) is 0 Å². The van der Waals surface area contributed by atoms with E-state index in [0.29, 0.717) is 36.6 Å². The Morgan fingerprint density at radius 2 is 1.76 bits per heavy atom. The van der Waals surface area contributed by atoms with E-state index >= 15 is 0 Å². The number of carbonyl (C=O) groups excluding carboxylic acids is 2. The number of rotatable bonds is 3. The molecule has 0 unspecified atom stereocenters. The zero-order chi connectivity index (χ0) is 20.4. The number of methoxy groups -OCH3 is 1. The Balaban J connectivity index is 1.56. The van der Waals surface area contributed by atoms with E-state index in [1.165, 1.54) is 7.11 Å². The number of pyridine rings is 1. The molecule has 0 N–H and O–H groups in total. The van der Waals surface area contributed by atoms with Gasteiger partial charge in [-0.3, -0.25) is 9.59 Å². The van der Waals surface area contributed by atoms with Gasteiger partial charge in [-0.05, 0) is 48.7 Å². The summed E-state index contributed by atoms with van der Waals surface area (Å²) in [6, 6.07) is 18.7. The largest absolute Gasteiger partial charge is 0.468 e. The van der Waals surface area contributed by atoms with Gasteiger partial charge in [-0.15, -0.1) is 0 Å². The lowest BCUT2D eigenvalue weighted by Gasteiger charge is -2.40. The van der Waals surface area contributed by atoms with Crippen LogP contribution in [-0.2, 0) is 14.9 Å². The van der Waals surface area contributed by atoms with Gasteiger partial charge in [0, 0.05) is 24.0 Å². The van der Waals surface area contributed by atoms with Crippen molar-refractivity contribution >= 4 is 34.4 Å². The van der Waals surface area contributed by atoms with Gasteiger partial charge in [0.2, 0.25) is 0 Å². The van der Waals surface area contributed by atoms with Gasteiger partial charge in [-0.1, -0.05) is 41.9 Å². The molecule has 29 heavy (non-hydrogen) atoms. The van der Waals surface area contributed by atoms with Gasteiger partial charge in [0.05, 0.1) is 18.0 Å². The van der Waals surface area contributed by atoms with Crippen LogP contribution in [0.25, 0.3) is 10.9 Å². The zero-order valence-corrected chi connectivity index (χ0v) is 16.9. The first-order chi connectivity index (χ1) is 14.0. The summed E-state index contributed by atoms with van der Waals surface area (Å²) >= 11 is 5.93. The Kier molecular flexibility index (Phi) is 5.24. The number of ether oxygens (including phenoxy) is 1. The molecular weight excluding hydrogens is 388 g/mol. The number of fused-ring (bicyclic) bond motifs is 1. The van der Waals surface area contributed by atoms with Crippen LogP contribution >= 0.6 is 11.6 Å². The maximum atomic E-state index is 13.1. The minimum absolute atomic E-state index is 0.0478. The topological polar surface area (TPSA) is 59.5 Å². The average Bonchev–Trinajstić information content (AvgIpc) is 2.78. The van der Waals surface area contributed by atoms with Gasteiger partial charge in [-0.25, -0.2) is 4.98 Å². The number of aromatic nitrogens is 1. The van der Waals surface area contributed by atoms with Crippen molar-refractivity contribution in [3.8, 4) is 0 Å². The summed E-state index contributed by atoms with van der Waals surface area (Å²) in [5.41, 5.74) is 1.58. The summed E-state index contributed by atoms with van der Waals surface area (Å²) in [7, 11) is 1.42. The number of halogens is 1. The Labute approximate surface area is 174 Å². The molecular formula is C23H21ClN2O3. The Morgan fingerprint density at radius 1 is 1.03 bits per heavy atom. The first kappa shape index (κ1) is 19.4. The molecule has 1 aliphatic heterocycles. The monoisotopic (exact) mass is 408 g/mol. The van der Waals surface area contributed by atoms with Gasteiger partial charge in [0.1, 0.15) is 5.15 Å². The number of carbonyl (C=O) groups is 2. The predicted molar refractivity (Wildman–Crippen MR) is 112 cm³/mol. The second-order valence-electron chi connectivity index (χ2n) is 7.27. The van der Waals surface area contributed by atoms with Crippen LogP contribution in [0.2, 0.25) is 5.15 Å². The van der Waals surface area contributed by atoms with Gasteiger partial charge in [-0.2, -0.15) is 0 Å². The lowest BCUT2D eigenvalue weighted by Crippen LogP contribution is -2.49. The highest BCUT2D eigenvalue weighted by Crippen LogP contribution is 2.37. The van der Waals surface area contributed by atoms with Crippen molar-refractivity contribution in [2.45, 2.75) is 18.3 Å². The molecule has 1 aliphatic rings. The molecule has 0 radical (unpaired) electrons. The standard InChI is InChI=1S/C23H21ClN2O3/c1-29-22(28)23(18-5-3-2-4-6-18)11-13-26(14-12-23)21(27)17-7-9-19-16(15-17)8-10-20(24)25-19/h2-10,15H,11-14H2,1H3. The zero-order valence-electron chi connectivity index (χ0n) is 16.1. The summed E-state index contributed by atoms with van der Waals surface area (Å²) in [6.07, 6.45) is 1.06. The average molecular weight is 409 g/mol. The fourth-order valence-electron chi connectivity index (χ4n) is 4.07. The number of amides is 1. The second kappa shape index (κ2) is 7.84. The number of likely N-dealkylation sites (tertiary alicyclic amines) is 1. The highest BCUT2D eigenvalue weighted by Gasteiger charge is 2.44. The fraction of sp³-hybridized carbons (Fsp3) is 0.261. The van der Waals surface area contributed by atoms with Crippen molar-refractivity contribution in [2.75, 3.05) is 20.2 Å². The van der Waals surface area contributed by atoms with Crippen LogP contribution in [0.4, 0.5) is 0 Å². The van der Waals surface area contributed by atoms with Crippen molar-refractivity contribution < 1.29 is 14.3 Å². The third kappa shape index (κ3) is 3.58. The highest BCUT2D eigenvalue weighted by molar-refractivity contribution is 6.29. The normalized spacial score (nSPS) is 15.9. The van der Waals surface area contributed by atoms with Crippen molar-refractivity contribution in [1.29, 1.82) is 0 Å². The molecule has 0 spiro atoms. The van der Waals surface area contributed by atoms with Crippen molar-refractivity contribution in [3.63, 3.8) is 0 Å². The van der Waals surface area contributed by atoms with E-state index in [4.69, 9.17) is 16.3 Å². The number of benzene rings is 2. The molecule has 4 rings (SSSR count). The third-order valence-electron chi connectivity index (χ3n) is 5.71. The number of hydrogen-bond donors (Lipinski definition) is 0. The Morgan fingerprint density at radius 3 is 2.45 bits per heavy atom. The quantitative estimate of drug-likeness (QED) is 0.480. The van der Waals surface area contributed by atoms with E-state index in [9.17, 15) is 9.59 Å². The van der Waals surface area contributed by atoms with Crippen molar-refractivity contribution in [2.24, 2.45) is 0 Å². The second-order valence-corrected chi connectivity index (χ2v) is 7.66. The van der Waals surface area contributed by atoms with Crippen LogP contribution in [0.1, 0.15) is 28.8 Å². The highest BCUT2D eigenvalue weighted by atomic mass is 35.5. The number of nitrogens with zero attached hydrogens (tertiary/aromatic N) is 2. The van der Waals surface area contributed by atoms with Crippen molar-refractivity contribution in [3.05, 3.63) is 76.9 Å². The van der Waals surface area contributed by atoms with Crippen LogP contribution < -0.4 is 0 Å². The van der Waals surface area contributed by atoms with E-state index in [2.05, 4.69) is 4.98 Å². The Hall–Kier alpha value is -2.92. The molecule has 148 valence electrons. The van der Waals surface area contributed by atoms with E-state index in [1.807, 2.05) is 42.5 Å². The van der Waals surface area contributed by atoms with Gasteiger partial charge >= 0.3 is 5.97 Å². The molecule has 2 aromatic carbocycles. The number of esters is 1. The minimum Gasteiger partial charge on any atom is -0.468 e.